The van der Waals surface area contributed by atoms with Gasteiger partial charge in [-0.15, -0.1) is 5.10 Å². The molecule has 0 bridgehead atoms. The highest BCUT2D eigenvalue weighted by Crippen LogP contribution is 2.27. The van der Waals surface area contributed by atoms with Crippen LogP contribution in [0, 0.1) is 0 Å². The first-order valence-electron chi connectivity index (χ1n) is 7.71. The van der Waals surface area contributed by atoms with Crippen molar-refractivity contribution in [2.45, 2.75) is 12.2 Å². The maximum Gasteiger partial charge on any atom is 0.239 e. The molecule has 24 heavy (non-hydrogen) atoms. The summed E-state index contributed by atoms with van der Waals surface area (Å²) in [5.41, 5.74) is 1.04. The number of carbonyl (C=O) groups is 1. The summed E-state index contributed by atoms with van der Waals surface area (Å²) in [6.45, 7) is 1.85. The van der Waals surface area contributed by atoms with Gasteiger partial charge in [0.25, 0.3) is 0 Å². The van der Waals surface area contributed by atoms with Crippen molar-refractivity contribution in [1.82, 2.24) is 5.32 Å². The van der Waals surface area contributed by atoms with Crippen LogP contribution in [0.4, 0.5) is 0 Å². The number of amidine groups is 1. The molecule has 1 heterocycles. The first-order valence-corrected chi connectivity index (χ1v) is 8.59. The standard InChI is InChI=1S/C19H15N3OS/c1-12-18(23)21-19(24-12)22-20-11-17-15-8-4-2-6-13(15)10-14-7-3-5-9-16(14)17/h2-12H,1H3,(H,21,22,23). The lowest BCUT2D eigenvalue weighted by molar-refractivity contribution is -0.118. The van der Waals surface area contributed by atoms with E-state index in [-0.39, 0.29) is 11.2 Å². The number of nitrogens with zero attached hydrogens (tertiary/aromatic N) is 2. The average molecular weight is 333 g/mol. The summed E-state index contributed by atoms with van der Waals surface area (Å²) in [7, 11) is 0. The van der Waals surface area contributed by atoms with E-state index < -0.39 is 0 Å². The number of nitrogens with one attached hydrogen (secondary N) is 1. The van der Waals surface area contributed by atoms with Crippen molar-refractivity contribution >= 4 is 50.6 Å². The summed E-state index contributed by atoms with van der Waals surface area (Å²) in [5.74, 6) is -0.0236. The second-order valence-electron chi connectivity index (χ2n) is 5.63. The van der Waals surface area contributed by atoms with Gasteiger partial charge in [0.2, 0.25) is 5.91 Å². The van der Waals surface area contributed by atoms with Crippen molar-refractivity contribution in [2.75, 3.05) is 0 Å². The molecule has 0 aliphatic carbocycles. The lowest BCUT2D eigenvalue weighted by Gasteiger charge is -2.07. The van der Waals surface area contributed by atoms with Crippen LogP contribution in [0.15, 0.2) is 64.8 Å². The Morgan fingerprint density at radius 2 is 1.67 bits per heavy atom. The fourth-order valence-corrected chi connectivity index (χ4v) is 3.59. The van der Waals surface area contributed by atoms with Gasteiger partial charge in [-0.3, -0.25) is 4.79 Å². The fraction of sp³-hybridized carbons (Fsp3) is 0.105. The minimum atomic E-state index is -0.114. The molecule has 118 valence electrons. The molecule has 3 aromatic rings. The van der Waals surface area contributed by atoms with E-state index in [1.807, 2.05) is 31.2 Å². The first kappa shape index (κ1) is 14.9. The van der Waals surface area contributed by atoms with E-state index in [0.717, 1.165) is 16.3 Å². The van der Waals surface area contributed by atoms with E-state index in [9.17, 15) is 4.79 Å². The van der Waals surface area contributed by atoms with E-state index >= 15 is 0 Å². The number of benzene rings is 3. The smallest absolute Gasteiger partial charge is 0.239 e. The Morgan fingerprint density at radius 3 is 2.25 bits per heavy atom. The first-order chi connectivity index (χ1) is 11.7. The number of hydrogen-bond donors (Lipinski definition) is 1. The number of carbonyl (C=O) groups excluding carboxylic acids is 1. The van der Waals surface area contributed by atoms with E-state index in [1.54, 1.807) is 6.21 Å². The number of thioether (sulfide) groups is 1. The van der Waals surface area contributed by atoms with Gasteiger partial charge >= 0.3 is 0 Å². The summed E-state index contributed by atoms with van der Waals surface area (Å²) in [6, 6.07) is 18.7. The molecule has 5 heteroatoms. The summed E-state index contributed by atoms with van der Waals surface area (Å²) < 4.78 is 0. The Bertz CT molecular complexity index is 956. The van der Waals surface area contributed by atoms with Gasteiger partial charge in [-0.1, -0.05) is 60.3 Å². The van der Waals surface area contributed by atoms with Crippen LogP contribution in [0.25, 0.3) is 21.5 Å². The van der Waals surface area contributed by atoms with Crippen LogP contribution in [0.1, 0.15) is 12.5 Å². The number of amides is 1. The van der Waals surface area contributed by atoms with Crippen molar-refractivity contribution in [2.24, 2.45) is 10.2 Å². The Labute approximate surface area is 143 Å². The third-order valence-electron chi connectivity index (χ3n) is 4.04. The lowest BCUT2D eigenvalue weighted by Crippen LogP contribution is -2.23. The minimum Gasteiger partial charge on any atom is -0.303 e. The molecule has 0 spiro atoms. The summed E-state index contributed by atoms with van der Waals surface area (Å²) in [6.07, 6.45) is 1.77. The van der Waals surface area contributed by atoms with E-state index in [1.165, 1.54) is 22.5 Å². The zero-order valence-corrected chi connectivity index (χ0v) is 13.9. The van der Waals surface area contributed by atoms with Crippen LogP contribution < -0.4 is 5.32 Å². The van der Waals surface area contributed by atoms with Gasteiger partial charge < -0.3 is 5.32 Å². The summed E-state index contributed by atoms with van der Waals surface area (Å²) in [5, 5.41) is 16.1. The molecular weight excluding hydrogens is 318 g/mol. The fourth-order valence-electron chi connectivity index (χ4n) is 2.83. The van der Waals surface area contributed by atoms with Gasteiger partial charge in [-0.25, -0.2) is 0 Å². The third kappa shape index (κ3) is 2.67. The van der Waals surface area contributed by atoms with E-state index in [2.05, 4.69) is 45.9 Å². The molecule has 4 rings (SSSR count). The van der Waals surface area contributed by atoms with Crippen molar-refractivity contribution in [3.63, 3.8) is 0 Å². The number of rotatable bonds is 2. The minimum absolute atomic E-state index is 0.0236. The third-order valence-corrected chi connectivity index (χ3v) is 5.01. The van der Waals surface area contributed by atoms with Gasteiger partial charge in [0.1, 0.15) is 0 Å². The molecule has 1 unspecified atom stereocenters. The second kappa shape index (κ2) is 6.09. The molecule has 4 nitrogen and oxygen atoms in total. The molecule has 1 saturated heterocycles. The van der Waals surface area contributed by atoms with Crippen molar-refractivity contribution in [3.8, 4) is 0 Å². The molecule has 0 radical (unpaired) electrons. The van der Waals surface area contributed by atoms with Crippen LogP contribution in [0.3, 0.4) is 0 Å². The molecule has 3 aromatic carbocycles. The number of hydrogen-bond acceptors (Lipinski definition) is 4. The van der Waals surface area contributed by atoms with Gasteiger partial charge in [0, 0.05) is 5.56 Å². The van der Waals surface area contributed by atoms with Crippen molar-refractivity contribution in [3.05, 3.63) is 60.2 Å². The van der Waals surface area contributed by atoms with E-state index in [4.69, 9.17) is 0 Å². The van der Waals surface area contributed by atoms with Crippen LogP contribution in [-0.4, -0.2) is 22.5 Å². The number of fused-ring (bicyclic) bond motifs is 2. The normalized spacial score (nSPS) is 19.6. The van der Waals surface area contributed by atoms with Gasteiger partial charge in [0.05, 0.1) is 11.5 Å². The maximum absolute atomic E-state index is 11.5. The molecule has 1 aliphatic rings. The van der Waals surface area contributed by atoms with Gasteiger partial charge in [0.15, 0.2) is 5.17 Å². The zero-order valence-electron chi connectivity index (χ0n) is 13.1. The van der Waals surface area contributed by atoms with Crippen LogP contribution in [0.5, 0.6) is 0 Å². The molecule has 1 N–H and O–H groups in total. The van der Waals surface area contributed by atoms with Gasteiger partial charge in [-0.05, 0) is 34.5 Å². The Balaban J connectivity index is 1.81. The second-order valence-corrected chi connectivity index (χ2v) is 6.96. The van der Waals surface area contributed by atoms with Crippen molar-refractivity contribution in [1.29, 1.82) is 0 Å². The Kier molecular flexibility index (Phi) is 3.78. The van der Waals surface area contributed by atoms with Crippen LogP contribution in [-0.2, 0) is 4.79 Å². The maximum atomic E-state index is 11.5. The van der Waals surface area contributed by atoms with Crippen molar-refractivity contribution < 1.29 is 4.79 Å². The molecule has 0 saturated carbocycles. The SMILES string of the molecule is CC1S/C(=N/N=Cc2c3ccccc3cc3ccccc23)NC1=O. The molecule has 1 fully saturated rings. The predicted molar refractivity (Wildman–Crippen MR) is 102 cm³/mol. The molecule has 1 amide bonds. The lowest BCUT2D eigenvalue weighted by atomic mass is 9.97. The average Bonchev–Trinajstić information content (AvgIpc) is 2.92. The predicted octanol–water partition coefficient (Wildman–Crippen LogP) is 3.93. The monoisotopic (exact) mass is 333 g/mol. The van der Waals surface area contributed by atoms with Crippen LogP contribution in [0.2, 0.25) is 0 Å². The highest BCUT2D eigenvalue weighted by atomic mass is 32.2. The molecule has 1 aliphatic heterocycles. The quantitative estimate of drug-likeness (QED) is 0.439. The van der Waals surface area contributed by atoms with Crippen LogP contribution >= 0.6 is 11.8 Å². The molecule has 0 aromatic heterocycles. The topological polar surface area (TPSA) is 53.8 Å². The highest BCUT2D eigenvalue weighted by molar-refractivity contribution is 8.15. The highest BCUT2D eigenvalue weighted by Gasteiger charge is 2.25. The summed E-state index contributed by atoms with van der Waals surface area (Å²) in [4.78, 5) is 11.5. The van der Waals surface area contributed by atoms with Gasteiger partial charge in [-0.2, -0.15) is 5.10 Å². The Hall–Kier alpha value is -2.66. The molecular formula is C19H15N3OS. The molecule has 1 atom stereocenters. The largest absolute Gasteiger partial charge is 0.303 e. The van der Waals surface area contributed by atoms with E-state index in [0.29, 0.717) is 5.17 Å². The zero-order chi connectivity index (χ0) is 16.5. The Morgan fingerprint density at radius 1 is 1.04 bits per heavy atom. The summed E-state index contributed by atoms with van der Waals surface area (Å²) >= 11 is 1.39.